The van der Waals surface area contributed by atoms with Crippen molar-refractivity contribution in [3.05, 3.63) is 51.7 Å². The average Bonchev–Trinajstić information content (AvgIpc) is 2.83. The van der Waals surface area contributed by atoms with Gasteiger partial charge in [-0.05, 0) is 29.7 Å². The van der Waals surface area contributed by atoms with Crippen LogP contribution in [0.4, 0.5) is 0 Å². The summed E-state index contributed by atoms with van der Waals surface area (Å²) in [4.78, 5) is 29.7. The number of amides is 1. The predicted molar refractivity (Wildman–Crippen MR) is 68.0 cm³/mol. The van der Waals surface area contributed by atoms with Gasteiger partial charge in [-0.15, -0.1) is 0 Å². The van der Waals surface area contributed by atoms with Crippen molar-refractivity contribution in [1.29, 1.82) is 0 Å². The highest BCUT2D eigenvalue weighted by molar-refractivity contribution is 5.92. The summed E-state index contributed by atoms with van der Waals surface area (Å²) in [6.07, 6.45) is 2.12. The van der Waals surface area contributed by atoms with Gasteiger partial charge < -0.3 is 20.0 Å². The van der Waals surface area contributed by atoms with Crippen LogP contribution in [0.25, 0.3) is 0 Å². The van der Waals surface area contributed by atoms with Crippen LogP contribution in [0.15, 0.2) is 29.2 Å². The lowest BCUT2D eigenvalue weighted by Crippen LogP contribution is -2.36. The smallest absolute Gasteiger partial charge is 0.323 e. The second-order valence-corrected chi connectivity index (χ2v) is 4.59. The van der Waals surface area contributed by atoms with E-state index in [1.165, 1.54) is 6.20 Å². The number of benzene rings is 1. The van der Waals surface area contributed by atoms with Crippen LogP contribution in [0.3, 0.4) is 0 Å². The van der Waals surface area contributed by atoms with Crippen LogP contribution < -0.4 is 5.69 Å². The van der Waals surface area contributed by atoms with E-state index < -0.39 is 5.69 Å². The largest absolute Gasteiger partial charge is 0.508 e. The SMILES string of the molecule is O=C(c1c[nH]c(=O)[nH]1)N1CCc2ccc(O)cc2C1. The van der Waals surface area contributed by atoms with Crippen molar-refractivity contribution in [2.75, 3.05) is 6.54 Å². The van der Waals surface area contributed by atoms with Crippen molar-refractivity contribution in [2.45, 2.75) is 13.0 Å². The first kappa shape index (κ1) is 11.6. The molecule has 2 heterocycles. The molecule has 3 N–H and O–H groups in total. The number of hydrogen-bond acceptors (Lipinski definition) is 3. The van der Waals surface area contributed by atoms with Gasteiger partial charge in [-0.25, -0.2) is 4.79 Å². The van der Waals surface area contributed by atoms with Crippen LogP contribution in [0.1, 0.15) is 21.6 Å². The molecule has 98 valence electrons. The molecule has 0 atom stereocenters. The number of rotatable bonds is 1. The maximum absolute atomic E-state index is 12.2. The van der Waals surface area contributed by atoms with Crippen LogP contribution in [0.2, 0.25) is 0 Å². The molecule has 1 aromatic heterocycles. The number of nitrogens with one attached hydrogen (secondary N) is 2. The molecule has 0 aliphatic carbocycles. The molecular weight excluding hydrogens is 246 g/mol. The maximum atomic E-state index is 12.2. The molecule has 2 aromatic rings. The minimum Gasteiger partial charge on any atom is -0.508 e. The molecule has 6 heteroatoms. The second kappa shape index (κ2) is 4.31. The number of aromatic amines is 2. The molecule has 0 unspecified atom stereocenters. The lowest BCUT2D eigenvalue weighted by Gasteiger charge is -2.28. The Morgan fingerprint density at radius 3 is 2.89 bits per heavy atom. The molecule has 1 aliphatic rings. The number of nitrogens with zero attached hydrogens (tertiary/aromatic N) is 1. The summed E-state index contributed by atoms with van der Waals surface area (Å²) in [6.45, 7) is 1.04. The van der Waals surface area contributed by atoms with Crippen molar-refractivity contribution >= 4 is 5.91 Å². The standard InChI is InChI=1S/C13H13N3O3/c17-10-2-1-8-3-4-16(7-9(8)5-10)12(18)11-6-14-13(19)15-11/h1-2,5-6,17H,3-4,7H2,(H2,14,15,19). The average molecular weight is 259 g/mol. The van der Waals surface area contributed by atoms with E-state index >= 15 is 0 Å². The van der Waals surface area contributed by atoms with Crippen molar-refractivity contribution < 1.29 is 9.90 Å². The third-order valence-corrected chi connectivity index (χ3v) is 3.32. The van der Waals surface area contributed by atoms with Crippen molar-refractivity contribution in [3.8, 4) is 5.75 Å². The van der Waals surface area contributed by atoms with Gasteiger partial charge in [0.25, 0.3) is 5.91 Å². The zero-order valence-corrected chi connectivity index (χ0v) is 10.1. The first-order chi connectivity index (χ1) is 9.13. The van der Waals surface area contributed by atoms with Crippen LogP contribution in [-0.2, 0) is 13.0 Å². The summed E-state index contributed by atoms with van der Waals surface area (Å²) in [6, 6.07) is 5.21. The maximum Gasteiger partial charge on any atom is 0.323 e. The highest BCUT2D eigenvalue weighted by atomic mass is 16.3. The molecule has 3 rings (SSSR count). The van der Waals surface area contributed by atoms with Gasteiger partial charge in [0, 0.05) is 19.3 Å². The second-order valence-electron chi connectivity index (χ2n) is 4.59. The van der Waals surface area contributed by atoms with Crippen LogP contribution >= 0.6 is 0 Å². The van der Waals surface area contributed by atoms with Crippen molar-refractivity contribution in [1.82, 2.24) is 14.9 Å². The van der Waals surface area contributed by atoms with Gasteiger partial charge >= 0.3 is 5.69 Å². The number of phenolic OH excluding ortho intramolecular Hbond substituents is 1. The number of hydrogen-bond donors (Lipinski definition) is 3. The van der Waals surface area contributed by atoms with E-state index in [0.717, 1.165) is 17.5 Å². The van der Waals surface area contributed by atoms with E-state index in [1.807, 2.05) is 6.07 Å². The van der Waals surface area contributed by atoms with E-state index in [0.29, 0.717) is 13.1 Å². The molecule has 0 bridgehead atoms. The number of phenols is 1. The van der Waals surface area contributed by atoms with Gasteiger partial charge in [0.05, 0.1) is 0 Å². The topological polar surface area (TPSA) is 89.2 Å². The highest BCUT2D eigenvalue weighted by Crippen LogP contribution is 2.23. The molecule has 19 heavy (non-hydrogen) atoms. The molecule has 0 fully saturated rings. The first-order valence-corrected chi connectivity index (χ1v) is 6.01. The molecule has 1 amide bonds. The highest BCUT2D eigenvalue weighted by Gasteiger charge is 2.22. The Bertz CT molecular complexity index is 686. The summed E-state index contributed by atoms with van der Waals surface area (Å²) >= 11 is 0. The molecule has 0 radical (unpaired) electrons. The zero-order chi connectivity index (χ0) is 13.4. The third-order valence-electron chi connectivity index (χ3n) is 3.32. The molecule has 1 aromatic carbocycles. The fourth-order valence-electron chi connectivity index (χ4n) is 2.33. The Morgan fingerprint density at radius 1 is 1.32 bits per heavy atom. The van der Waals surface area contributed by atoms with Gasteiger partial charge in [-0.3, -0.25) is 4.79 Å². The first-order valence-electron chi connectivity index (χ1n) is 6.01. The van der Waals surface area contributed by atoms with Crippen LogP contribution in [0, 0.1) is 0 Å². The Labute approximate surface area is 108 Å². The van der Waals surface area contributed by atoms with Gasteiger partial charge in [-0.2, -0.15) is 0 Å². The monoisotopic (exact) mass is 259 g/mol. The summed E-state index contributed by atoms with van der Waals surface area (Å²) in [5, 5.41) is 9.48. The van der Waals surface area contributed by atoms with Crippen LogP contribution in [0.5, 0.6) is 5.75 Å². The molecule has 1 aliphatic heterocycles. The van der Waals surface area contributed by atoms with E-state index in [2.05, 4.69) is 9.97 Å². The Morgan fingerprint density at radius 2 is 2.16 bits per heavy atom. The molecule has 0 spiro atoms. The molecule has 6 nitrogen and oxygen atoms in total. The number of aromatic hydroxyl groups is 1. The summed E-state index contributed by atoms with van der Waals surface area (Å²) in [5.41, 5.74) is 1.95. The zero-order valence-electron chi connectivity index (χ0n) is 10.1. The quantitative estimate of drug-likeness (QED) is 0.701. The van der Waals surface area contributed by atoms with Gasteiger partial charge in [-0.1, -0.05) is 6.07 Å². The van der Waals surface area contributed by atoms with E-state index in [1.54, 1.807) is 17.0 Å². The van der Waals surface area contributed by atoms with E-state index in [4.69, 9.17) is 0 Å². The summed E-state index contributed by atoms with van der Waals surface area (Å²) in [5.74, 6) is -0.0181. The normalized spacial score (nSPS) is 14.2. The van der Waals surface area contributed by atoms with Gasteiger partial charge in [0.1, 0.15) is 11.4 Å². The predicted octanol–water partition coefficient (Wildman–Crippen LogP) is 0.607. The lowest BCUT2D eigenvalue weighted by molar-refractivity contribution is 0.0729. The number of carbonyl (C=O) groups excluding carboxylic acids is 1. The number of aromatic nitrogens is 2. The van der Waals surface area contributed by atoms with Gasteiger partial charge in [0.2, 0.25) is 0 Å². The van der Waals surface area contributed by atoms with Crippen molar-refractivity contribution in [2.24, 2.45) is 0 Å². The van der Waals surface area contributed by atoms with E-state index in [9.17, 15) is 14.7 Å². The molecular formula is C13H13N3O3. The van der Waals surface area contributed by atoms with Gasteiger partial charge in [0.15, 0.2) is 0 Å². The number of carbonyl (C=O) groups is 1. The Kier molecular flexibility index (Phi) is 2.63. The van der Waals surface area contributed by atoms with E-state index in [-0.39, 0.29) is 17.4 Å². The summed E-state index contributed by atoms with van der Waals surface area (Å²) in [7, 11) is 0. The molecule has 0 saturated heterocycles. The minimum absolute atomic E-state index is 0.197. The number of fused-ring (bicyclic) bond motifs is 1. The summed E-state index contributed by atoms with van der Waals surface area (Å²) < 4.78 is 0. The third kappa shape index (κ3) is 2.12. The number of imidazole rings is 1. The van der Waals surface area contributed by atoms with Crippen LogP contribution in [-0.4, -0.2) is 32.4 Å². The Hall–Kier alpha value is -2.50. The fraction of sp³-hybridized carbons (Fsp3) is 0.231. The minimum atomic E-state index is -0.390. The molecule has 0 saturated carbocycles. The Balaban J connectivity index is 1.85. The number of H-pyrrole nitrogens is 2. The lowest BCUT2D eigenvalue weighted by atomic mass is 9.99. The fourth-order valence-corrected chi connectivity index (χ4v) is 2.33. The van der Waals surface area contributed by atoms with Crippen molar-refractivity contribution in [3.63, 3.8) is 0 Å².